The Morgan fingerprint density at radius 1 is 1.07 bits per heavy atom. The molecule has 2 aromatic heterocycles. The van der Waals surface area contributed by atoms with E-state index in [0.717, 1.165) is 23.7 Å². The van der Waals surface area contributed by atoms with Crippen LogP contribution in [0.25, 0.3) is 0 Å². The van der Waals surface area contributed by atoms with Crippen molar-refractivity contribution in [1.82, 2.24) is 25.4 Å². The first-order valence-corrected chi connectivity index (χ1v) is 11.3. The van der Waals surface area contributed by atoms with Crippen molar-refractivity contribution in [2.24, 2.45) is 0 Å². The lowest BCUT2D eigenvalue weighted by Crippen LogP contribution is -2.52. The highest BCUT2D eigenvalue weighted by Gasteiger charge is 2.23. The molecular formula is C20H27N7O2S. The molecule has 0 aromatic carbocycles. The molecule has 30 heavy (non-hydrogen) atoms. The lowest BCUT2D eigenvalue weighted by Gasteiger charge is -2.35. The van der Waals surface area contributed by atoms with E-state index >= 15 is 0 Å². The number of hydrogen-bond donors (Lipinski definition) is 2. The number of piperazine rings is 1. The fraction of sp³-hybridized carbons (Fsp3) is 0.550. The van der Waals surface area contributed by atoms with Gasteiger partial charge in [-0.3, -0.25) is 10.1 Å². The van der Waals surface area contributed by atoms with Crippen LogP contribution < -0.4 is 15.5 Å². The number of hydrogen-bond acceptors (Lipinski definition) is 7. The van der Waals surface area contributed by atoms with Gasteiger partial charge in [0.2, 0.25) is 11.0 Å². The average Bonchev–Trinajstić information content (AvgIpc) is 3.27. The molecule has 1 saturated heterocycles. The number of nitrogens with zero attached hydrogens (tertiary/aromatic N) is 5. The van der Waals surface area contributed by atoms with Crippen LogP contribution in [0.5, 0.6) is 0 Å². The van der Waals surface area contributed by atoms with Gasteiger partial charge in [-0.1, -0.05) is 36.7 Å². The Bertz CT molecular complexity index is 846. The largest absolute Gasteiger partial charge is 0.353 e. The van der Waals surface area contributed by atoms with Gasteiger partial charge in [0, 0.05) is 38.3 Å². The number of carbonyl (C=O) groups excluding carboxylic acids is 2. The van der Waals surface area contributed by atoms with Crippen LogP contribution in [-0.2, 0) is 4.79 Å². The lowest BCUT2D eigenvalue weighted by atomic mass is 9.90. The topological polar surface area (TPSA) is 103 Å². The number of nitrogens with one attached hydrogen (secondary N) is 2. The second kappa shape index (κ2) is 9.84. The Morgan fingerprint density at radius 2 is 1.87 bits per heavy atom. The summed E-state index contributed by atoms with van der Waals surface area (Å²) in [6, 6.07) is 5.58. The summed E-state index contributed by atoms with van der Waals surface area (Å²) in [4.78, 5) is 32.8. The normalized spacial score (nSPS) is 17.6. The number of carbonyl (C=O) groups is 2. The van der Waals surface area contributed by atoms with E-state index in [4.69, 9.17) is 0 Å². The summed E-state index contributed by atoms with van der Waals surface area (Å²) < 4.78 is 0. The van der Waals surface area contributed by atoms with Gasteiger partial charge in [0.1, 0.15) is 10.8 Å². The minimum atomic E-state index is -0.290. The molecule has 1 aliphatic carbocycles. The molecular weight excluding hydrogens is 402 g/mol. The molecule has 10 heteroatoms. The third kappa shape index (κ3) is 5.24. The molecule has 0 unspecified atom stereocenters. The van der Waals surface area contributed by atoms with E-state index in [9.17, 15) is 9.59 Å². The maximum absolute atomic E-state index is 12.4. The molecule has 9 nitrogen and oxygen atoms in total. The van der Waals surface area contributed by atoms with Crippen LogP contribution >= 0.6 is 11.3 Å². The first-order valence-electron chi connectivity index (χ1n) is 10.5. The van der Waals surface area contributed by atoms with Crippen molar-refractivity contribution >= 4 is 34.2 Å². The van der Waals surface area contributed by atoms with Gasteiger partial charge < -0.3 is 15.1 Å². The molecule has 1 aliphatic heterocycles. The monoisotopic (exact) mass is 429 g/mol. The molecule has 3 amide bonds. The van der Waals surface area contributed by atoms with E-state index in [1.807, 2.05) is 18.2 Å². The fourth-order valence-electron chi connectivity index (χ4n) is 3.91. The predicted molar refractivity (Wildman–Crippen MR) is 116 cm³/mol. The van der Waals surface area contributed by atoms with Crippen LogP contribution in [0.4, 0.5) is 15.7 Å². The standard InChI is InChI=1S/C20H27N7O2S/c28-17(23-19-25-24-18(30-19)15-6-2-1-3-7-15)14-22-20(29)27-12-10-26(11-13-27)16-8-4-5-9-21-16/h4-5,8-9,15H,1-3,6-7,10-14H2,(H,22,29)(H,23,25,28). The Kier molecular flexibility index (Phi) is 6.73. The van der Waals surface area contributed by atoms with E-state index in [-0.39, 0.29) is 18.5 Å². The molecule has 4 rings (SSSR count). The van der Waals surface area contributed by atoms with Gasteiger partial charge in [-0.2, -0.15) is 0 Å². The highest BCUT2D eigenvalue weighted by molar-refractivity contribution is 7.15. The highest BCUT2D eigenvalue weighted by Crippen LogP contribution is 2.35. The van der Waals surface area contributed by atoms with Crippen LogP contribution in [0.3, 0.4) is 0 Å². The van der Waals surface area contributed by atoms with Crippen molar-refractivity contribution in [2.75, 3.05) is 42.9 Å². The van der Waals surface area contributed by atoms with Crippen LogP contribution in [0, 0.1) is 0 Å². The summed E-state index contributed by atoms with van der Waals surface area (Å²) in [6.07, 6.45) is 7.81. The highest BCUT2D eigenvalue weighted by atomic mass is 32.1. The SMILES string of the molecule is O=C(CNC(=O)N1CCN(c2ccccn2)CC1)Nc1nnc(C2CCCCC2)s1. The molecule has 160 valence electrons. The predicted octanol–water partition coefficient (Wildman–Crippen LogP) is 2.45. The van der Waals surface area contributed by atoms with Crippen molar-refractivity contribution in [3.8, 4) is 0 Å². The molecule has 0 bridgehead atoms. The molecule has 0 radical (unpaired) electrons. The Balaban J connectivity index is 1.19. The van der Waals surface area contributed by atoms with Gasteiger partial charge in [-0.05, 0) is 25.0 Å². The molecule has 2 N–H and O–H groups in total. The van der Waals surface area contributed by atoms with Crippen molar-refractivity contribution in [1.29, 1.82) is 0 Å². The number of urea groups is 1. The number of anilines is 2. The number of aromatic nitrogens is 3. The van der Waals surface area contributed by atoms with Gasteiger partial charge in [-0.25, -0.2) is 9.78 Å². The van der Waals surface area contributed by atoms with E-state index < -0.39 is 0 Å². The summed E-state index contributed by atoms with van der Waals surface area (Å²) in [6.45, 7) is 2.52. The first-order chi connectivity index (χ1) is 14.7. The Hall–Kier alpha value is -2.75. The number of amides is 3. The van der Waals surface area contributed by atoms with Crippen molar-refractivity contribution in [3.05, 3.63) is 29.4 Å². The van der Waals surface area contributed by atoms with E-state index in [0.29, 0.717) is 37.2 Å². The number of pyridine rings is 1. The van der Waals surface area contributed by atoms with Crippen molar-refractivity contribution < 1.29 is 9.59 Å². The maximum atomic E-state index is 12.4. The second-order valence-electron chi connectivity index (χ2n) is 7.65. The van der Waals surface area contributed by atoms with Crippen LogP contribution in [0.1, 0.15) is 43.0 Å². The minimum Gasteiger partial charge on any atom is -0.353 e. The Labute approximate surface area is 179 Å². The first kappa shape index (κ1) is 20.5. The summed E-state index contributed by atoms with van der Waals surface area (Å²) in [5.74, 6) is 1.09. The number of rotatable bonds is 5. The third-order valence-corrected chi connectivity index (χ3v) is 6.58. The molecule has 0 spiro atoms. The smallest absolute Gasteiger partial charge is 0.317 e. The zero-order valence-electron chi connectivity index (χ0n) is 16.9. The molecule has 2 fully saturated rings. The zero-order valence-corrected chi connectivity index (χ0v) is 17.7. The van der Waals surface area contributed by atoms with Gasteiger partial charge >= 0.3 is 6.03 Å². The quantitative estimate of drug-likeness (QED) is 0.757. The molecule has 3 heterocycles. The van der Waals surface area contributed by atoms with Gasteiger partial charge in [0.05, 0.1) is 6.54 Å². The molecule has 2 aromatic rings. The van der Waals surface area contributed by atoms with E-state index in [2.05, 4.69) is 30.7 Å². The van der Waals surface area contributed by atoms with E-state index in [1.54, 1.807) is 11.1 Å². The van der Waals surface area contributed by atoms with E-state index in [1.165, 1.54) is 30.6 Å². The third-order valence-electron chi connectivity index (χ3n) is 5.58. The summed E-state index contributed by atoms with van der Waals surface area (Å²) in [7, 11) is 0. The van der Waals surface area contributed by atoms with Crippen LogP contribution in [0.15, 0.2) is 24.4 Å². The molecule has 1 saturated carbocycles. The van der Waals surface area contributed by atoms with Crippen LogP contribution in [-0.4, -0.2) is 64.7 Å². The lowest BCUT2D eigenvalue weighted by molar-refractivity contribution is -0.115. The van der Waals surface area contributed by atoms with Crippen molar-refractivity contribution in [3.63, 3.8) is 0 Å². The van der Waals surface area contributed by atoms with Gasteiger partial charge in [-0.15, -0.1) is 10.2 Å². The fourth-order valence-corrected chi connectivity index (χ4v) is 4.84. The second-order valence-corrected chi connectivity index (χ2v) is 8.66. The average molecular weight is 430 g/mol. The molecule has 0 atom stereocenters. The van der Waals surface area contributed by atoms with Crippen molar-refractivity contribution in [2.45, 2.75) is 38.0 Å². The maximum Gasteiger partial charge on any atom is 0.317 e. The molecule has 2 aliphatic rings. The minimum absolute atomic E-state index is 0.0857. The summed E-state index contributed by atoms with van der Waals surface area (Å²) >= 11 is 1.44. The van der Waals surface area contributed by atoms with Gasteiger partial charge in [0.25, 0.3) is 0 Å². The van der Waals surface area contributed by atoms with Crippen LogP contribution in [0.2, 0.25) is 0 Å². The van der Waals surface area contributed by atoms with Gasteiger partial charge in [0.15, 0.2) is 0 Å². The Morgan fingerprint density at radius 3 is 2.60 bits per heavy atom. The summed E-state index contributed by atoms with van der Waals surface area (Å²) in [5.41, 5.74) is 0. The zero-order chi connectivity index (χ0) is 20.8. The summed E-state index contributed by atoms with van der Waals surface area (Å²) in [5, 5.41) is 15.3.